The lowest BCUT2D eigenvalue weighted by molar-refractivity contribution is -0.119. The number of aliphatic hydroxyl groups is 1. The Kier molecular flexibility index (Phi) is 2.42. The Balaban J connectivity index is 2.68. The van der Waals surface area contributed by atoms with Gasteiger partial charge in [-0.1, -0.05) is 13.8 Å². The molecule has 0 spiro atoms. The van der Waals surface area contributed by atoms with Crippen molar-refractivity contribution in [1.82, 2.24) is 5.32 Å². The second kappa shape index (κ2) is 3.15. The summed E-state index contributed by atoms with van der Waals surface area (Å²) in [4.78, 5) is 11.1. The number of rotatable bonds is 1. The van der Waals surface area contributed by atoms with Gasteiger partial charge in [-0.05, 0) is 18.1 Å². The maximum absolute atomic E-state index is 11.1. The first kappa shape index (κ1) is 8.43. The van der Waals surface area contributed by atoms with Crippen LogP contribution in [0.2, 0.25) is 0 Å². The van der Waals surface area contributed by atoms with Gasteiger partial charge in [-0.3, -0.25) is 10.1 Å². The number of carbonyl (C=O) groups is 1. The first-order chi connectivity index (χ1) is 5.11. The van der Waals surface area contributed by atoms with E-state index in [0.717, 1.165) is 0 Å². The summed E-state index contributed by atoms with van der Waals surface area (Å²) in [5.41, 5.74) is 0. The number of nitrogens with one attached hydrogen (secondary N) is 1. The normalized spacial score (nSPS) is 31.5. The van der Waals surface area contributed by atoms with E-state index in [4.69, 9.17) is 5.11 Å². The van der Waals surface area contributed by atoms with E-state index in [2.05, 4.69) is 5.32 Å². The predicted molar refractivity (Wildman–Crippen MR) is 41.9 cm³/mol. The van der Waals surface area contributed by atoms with Crippen molar-refractivity contribution in [2.24, 2.45) is 5.92 Å². The lowest BCUT2D eigenvalue weighted by Gasteiger charge is -2.25. The zero-order valence-electron chi connectivity index (χ0n) is 6.74. The molecule has 2 unspecified atom stereocenters. The molecule has 0 fully saturated rings. The summed E-state index contributed by atoms with van der Waals surface area (Å²) < 4.78 is 0. The Labute approximate surface area is 66.1 Å². The summed E-state index contributed by atoms with van der Waals surface area (Å²) in [6.45, 7) is 3.89. The molecule has 0 aromatic heterocycles. The molecule has 1 rings (SSSR count). The standard InChI is InChI=1S/C8H13NO2/c1-5(2)8-6(10)3-4-7(11)9-8/h3-5,7-9,11H,1-2H3. The molecule has 0 aromatic carbocycles. The molecule has 0 aromatic rings. The highest BCUT2D eigenvalue weighted by atomic mass is 16.3. The molecule has 3 heteroatoms. The third-order valence-corrected chi connectivity index (χ3v) is 1.77. The zero-order valence-corrected chi connectivity index (χ0v) is 6.74. The monoisotopic (exact) mass is 155 g/mol. The van der Waals surface area contributed by atoms with Gasteiger partial charge in [0.15, 0.2) is 5.78 Å². The van der Waals surface area contributed by atoms with Crippen LogP contribution >= 0.6 is 0 Å². The molecule has 62 valence electrons. The van der Waals surface area contributed by atoms with E-state index in [1.165, 1.54) is 12.2 Å². The summed E-state index contributed by atoms with van der Waals surface area (Å²) in [5.74, 6) is 0.271. The van der Waals surface area contributed by atoms with Crippen LogP contribution in [0.1, 0.15) is 13.8 Å². The molecule has 1 aliphatic rings. The summed E-state index contributed by atoms with van der Waals surface area (Å²) in [7, 11) is 0. The summed E-state index contributed by atoms with van der Waals surface area (Å²) >= 11 is 0. The number of carbonyl (C=O) groups excluding carboxylic acids is 1. The van der Waals surface area contributed by atoms with Crippen LogP contribution in [0, 0.1) is 5.92 Å². The minimum Gasteiger partial charge on any atom is -0.375 e. The van der Waals surface area contributed by atoms with E-state index >= 15 is 0 Å². The van der Waals surface area contributed by atoms with Crippen LogP contribution in [-0.4, -0.2) is 23.2 Å². The largest absolute Gasteiger partial charge is 0.375 e. The van der Waals surface area contributed by atoms with Crippen LogP contribution in [0.25, 0.3) is 0 Å². The summed E-state index contributed by atoms with van der Waals surface area (Å²) in [6, 6.07) is -0.227. The molecule has 1 heterocycles. The van der Waals surface area contributed by atoms with Crippen LogP contribution in [0.5, 0.6) is 0 Å². The molecule has 3 nitrogen and oxygen atoms in total. The van der Waals surface area contributed by atoms with E-state index in [0.29, 0.717) is 0 Å². The van der Waals surface area contributed by atoms with Gasteiger partial charge in [-0.15, -0.1) is 0 Å². The molecule has 1 aliphatic heterocycles. The van der Waals surface area contributed by atoms with Gasteiger partial charge in [0, 0.05) is 0 Å². The van der Waals surface area contributed by atoms with Gasteiger partial charge in [0.05, 0.1) is 6.04 Å². The third kappa shape index (κ3) is 1.88. The third-order valence-electron chi connectivity index (χ3n) is 1.77. The Morgan fingerprint density at radius 1 is 1.64 bits per heavy atom. The van der Waals surface area contributed by atoms with E-state index in [9.17, 15) is 4.79 Å². The highest BCUT2D eigenvalue weighted by Crippen LogP contribution is 2.08. The van der Waals surface area contributed by atoms with Gasteiger partial charge in [0.25, 0.3) is 0 Å². The molecule has 0 amide bonds. The van der Waals surface area contributed by atoms with Gasteiger partial charge >= 0.3 is 0 Å². The lowest BCUT2D eigenvalue weighted by atomic mass is 9.97. The fourth-order valence-corrected chi connectivity index (χ4v) is 1.13. The van der Waals surface area contributed by atoms with Crippen LogP contribution in [-0.2, 0) is 4.79 Å². The first-order valence-electron chi connectivity index (χ1n) is 3.77. The lowest BCUT2D eigenvalue weighted by Crippen LogP contribution is -2.48. The molecule has 0 radical (unpaired) electrons. The molecular weight excluding hydrogens is 142 g/mol. The highest BCUT2D eigenvalue weighted by Gasteiger charge is 2.24. The topological polar surface area (TPSA) is 49.3 Å². The average Bonchev–Trinajstić information content (AvgIpc) is 1.94. The molecule has 2 atom stereocenters. The van der Waals surface area contributed by atoms with E-state index in [-0.39, 0.29) is 17.7 Å². The van der Waals surface area contributed by atoms with Crippen LogP contribution in [0.3, 0.4) is 0 Å². The maximum atomic E-state index is 11.1. The number of ketones is 1. The molecule has 11 heavy (non-hydrogen) atoms. The van der Waals surface area contributed by atoms with Crippen LogP contribution in [0.15, 0.2) is 12.2 Å². The fraction of sp³-hybridized carbons (Fsp3) is 0.625. The van der Waals surface area contributed by atoms with Crippen molar-refractivity contribution in [2.45, 2.75) is 26.1 Å². The fourth-order valence-electron chi connectivity index (χ4n) is 1.13. The smallest absolute Gasteiger partial charge is 0.172 e. The zero-order chi connectivity index (χ0) is 8.43. The van der Waals surface area contributed by atoms with Gasteiger partial charge < -0.3 is 5.11 Å². The predicted octanol–water partition coefficient (Wildman–Crippen LogP) is 0.0579. The van der Waals surface area contributed by atoms with Crippen molar-refractivity contribution < 1.29 is 9.90 Å². The number of aliphatic hydroxyl groups excluding tert-OH is 1. The Bertz CT molecular complexity index is 187. The SMILES string of the molecule is CC(C)C1NC(O)C=CC1=O. The van der Waals surface area contributed by atoms with Crippen molar-refractivity contribution in [3.05, 3.63) is 12.2 Å². The molecular formula is C8H13NO2. The minimum absolute atomic E-state index is 0.0466. The van der Waals surface area contributed by atoms with Gasteiger partial charge in [-0.25, -0.2) is 0 Å². The molecule has 0 bridgehead atoms. The second-order valence-electron chi connectivity index (χ2n) is 3.09. The number of hydrogen-bond donors (Lipinski definition) is 2. The van der Waals surface area contributed by atoms with Gasteiger partial charge in [0.1, 0.15) is 6.23 Å². The first-order valence-corrected chi connectivity index (χ1v) is 3.77. The molecule has 0 saturated heterocycles. The van der Waals surface area contributed by atoms with Crippen LogP contribution < -0.4 is 5.32 Å². The van der Waals surface area contributed by atoms with Crippen molar-refractivity contribution >= 4 is 5.78 Å². The van der Waals surface area contributed by atoms with Crippen molar-refractivity contribution in [3.63, 3.8) is 0 Å². The number of hydrogen-bond acceptors (Lipinski definition) is 3. The molecule has 2 N–H and O–H groups in total. The Morgan fingerprint density at radius 3 is 2.73 bits per heavy atom. The summed E-state index contributed by atoms with van der Waals surface area (Å²) in [5, 5.41) is 11.9. The molecule has 0 aliphatic carbocycles. The average molecular weight is 155 g/mol. The van der Waals surface area contributed by atoms with E-state index in [1.54, 1.807) is 0 Å². The van der Waals surface area contributed by atoms with Gasteiger partial charge in [0.2, 0.25) is 0 Å². The molecule has 0 saturated carbocycles. The van der Waals surface area contributed by atoms with E-state index in [1.807, 2.05) is 13.8 Å². The Morgan fingerprint density at radius 2 is 2.27 bits per heavy atom. The highest BCUT2D eigenvalue weighted by molar-refractivity contribution is 5.95. The minimum atomic E-state index is -0.667. The van der Waals surface area contributed by atoms with E-state index < -0.39 is 6.23 Å². The van der Waals surface area contributed by atoms with Crippen molar-refractivity contribution in [1.29, 1.82) is 0 Å². The van der Waals surface area contributed by atoms with Gasteiger partial charge in [-0.2, -0.15) is 0 Å². The summed E-state index contributed by atoms with van der Waals surface area (Å²) in [6.07, 6.45) is 2.23. The van der Waals surface area contributed by atoms with Crippen LogP contribution in [0.4, 0.5) is 0 Å². The maximum Gasteiger partial charge on any atom is 0.172 e. The quantitative estimate of drug-likeness (QED) is 0.563. The second-order valence-corrected chi connectivity index (χ2v) is 3.09. The van der Waals surface area contributed by atoms with Crippen molar-refractivity contribution in [2.75, 3.05) is 0 Å². The van der Waals surface area contributed by atoms with Crippen molar-refractivity contribution in [3.8, 4) is 0 Å². The Hall–Kier alpha value is -0.670.